The van der Waals surface area contributed by atoms with Crippen molar-refractivity contribution < 1.29 is 9.94 Å². The highest BCUT2D eigenvalue weighted by Crippen LogP contribution is 2.34. The molecule has 3 atom stereocenters. The number of aryl methyl sites for hydroxylation is 1. The van der Waals surface area contributed by atoms with Gasteiger partial charge in [0.15, 0.2) is 0 Å². The van der Waals surface area contributed by atoms with Crippen molar-refractivity contribution in [3.05, 3.63) is 64.3 Å². The van der Waals surface area contributed by atoms with E-state index in [2.05, 4.69) is 15.1 Å². The first-order valence-electron chi connectivity index (χ1n) is 12.1. The van der Waals surface area contributed by atoms with Crippen molar-refractivity contribution in [2.75, 3.05) is 11.9 Å². The summed E-state index contributed by atoms with van der Waals surface area (Å²) in [5.41, 5.74) is 2.78. The van der Waals surface area contributed by atoms with Crippen LogP contribution in [0.4, 0.5) is 5.69 Å². The second kappa shape index (κ2) is 10.1. The molecule has 2 aromatic heterocycles. The fourth-order valence-corrected chi connectivity index (χ4v) is 4.70. The smallest absolute Gasteiger partial charge is 0.252 e. The van der Waals surface area contributed by atoms with Crippen LogP contribution in [-0.2, 0) is 11.9 Å². The van der Waals surface area contributed by atoms with Gasteiger partial charge in [-0.3, -0.25) is 4.79 Å². The Kier molecular flexibility index (Phi) is 7.09. The zero-order chi connectivity index (χ0) is 26.0. The largest absolute Gasteiger partial charge is 0.391 e. The van der Waals surface area contributed by atoms with Crippen molar-refractivity contribution in [1.82, 2.24) is 14.5 Å². The fraction of sp³-hybridized carbons (Fsp3) is 0.444. The summed E-state index contributed by atoms with van der Waals surface area (Å²) in [5.74, 6) is 0.0462. The number of aromatic nitrogens is 3. The van der Waals surface area contributed by atoms with E-state index >= 15 is 0 Å². The van der Waals surface area contributed by atoms with E-state index < -0.39 is 11.7 Å². The highest BCUT2D eigenvalue weighted by molar-refractivity contribution is 6.02. The maximum atomic E-state index is 12.7. The number of likely N-dealkylation sites (N-methyl/N-ethyl adjacent to an activating group) is 1. The topological polar surface area (TPSA) is 117 Å². The highest BCUT2D eigenvalue weighted by atomic mass is 16.6. The number of rotatable bonds is 5. The van der Waals surface area contributed by atoms with Crippen molar-refractivity contribution in [3.63, 3.8) is 0 Å². The van der Waals surface area contributed by atoms with Crippen molar-refractivity contribution in [2.45, 2.75) is 57.8 Å². The van der Waals surface area contributed by atoms with E-state index in [0.29, 0.717) is 29.6 Å². The van der Waals surface area contributed by atoms with Crippen molar-refractivity contribution in [2.24, 2.45) is 18.1 Å². The number of oxime groups is 1. The minimum Gasteiger partial charge on any atom is -0.391 e. The Morgan fingerprint density at radius 3 is 2.64 bits per heavy atom. The van der Waals surface area contributed by atoms with Crippen LogP contribution in [0.25, 0.3) is 11.0 Å². The molecule has 1 aliphatic carbocycles. The third-order valence-corrected chi connectivity index (χ3v) is 6.60. The molecule has 0 radical (unpaired) electrons. The molecule has 1 saturated carbocycles. The normalized spacial score (nSPS) is 20.7. The molecule has 9 nitrogen and oxygen atoms in total. The summed E-state index contributed by atoms with van der Waals surface area (Å²) < 4.78 is 1.46. The lowest BCUT2D eigenvalue weighted by molar-refractivity contribution is -0.000634. The van der Waals surface area contributed by atoms with E-state index in [0.717, 1.165) is 17.7 Å². The van der Waals surface area contributed by atoms with Gasteiger partial charge >= 0.3 is 0 Å². The summed E-state index contributed by atoms with van der Waals surface area (Å²) in [6.45, 7) is 5.86. The number of hydrogen-bond donors (Lipinski definition) is 1. The summed E-state index contributed by atoms with van der Waals surface area (Å²) in [6, 6.07) is 13.1. The number of nitriles is 1. The van der Waals surface area contributed by atoms with E-state index in [1.54, 1.807) is 7.05 Å². The van der Waals surface area contributed by atoms with Gasteiger partial charge in [0.2, 0.25) is 5.82 Å². The van der Waals surface area contributed by atoms with Gasteiger partial charge in [-0.25, -0.2) is 9.97 Å². The molecule has 2 heterocycles. The van der Waals surface area contributed by atoms with Crippen molar-refractivity contribution in [3.8, 4) is 6.07 Å². The lowest BCUT2D eigenvalue weighted by atomic mass is 9.79. The molecule has 0 saturated heterocycles. The average molecular weight is 489 g/mol. The first-order valence-corrected chi connectivity index (χ1v) is 12.1. The molecule has 1 aliphatic rings. The molecule has 9 heteroatoms. The number of fused-ring (bicyclic) bond motifs is 1. The van der Waals surface area contributed by atoms with Crippen LogP contribution in [0.3, 0.4) is 0 Å². The van der Waals surface area contributed by atoms with Crippen LogP contribution < -0.4 is 10.5 Å². The van der Waals surface area contributed by atoms with Crippen LogP contribution in [-0.4, -0.2) is 50.1 Å². The number of anilines is 1. The van der Waals surface area contributed by atoms with Crippen LogP contribution in [0.1, 0.15) is 51.4 Å². The zero-order valence-corrected chi connectivity index (χ0v) is 21.3. The molecule has 1 aromatic carbocycles. The third-order valence-electron chi connectivity index (χ3n) is 6.60. The third kappa shape index (κ3) is 5.24. The van der Waals surface area contributed by atoms with Gasteiger partial charge in [0, 0.05) is 26.1 Å². The molecule has 0 amide bonds. The predicted octanol–water partition coefficient (Wildman–Crippen LogP) is 3.39. The Morgan fingerprint density at radius 1 is 1.28 bits per heavy atom. The number of pyridine rings is 1. The van der Waals surface area contributed by atoms with E-state index in [-0.39, 0.29) is 23.3 Å². The van der Waals surface area contributed by atoms with Crippen molar-refractivity contribution in [1.29, 1.82) is 5.26 Å². The molecular formula is C27H32N6O3. The molecule has 1 fully saturated rings. The highest BCUT2D eigenvalue weighted by Gasteiger charge is 2.36. The molecule has 0 spiro atoms. The van der Waals surface area contributed by atoms with E-state index in [9.17, 15) is 15.2 Å². The van der Waals surface area contributed by atoms with Gasteiger partial charge in [0.05, 0.1) is 35.3 Å². The zero-order valence-electron chi connectivity index (χ0n) is 21.3. The Bertz CT molecular complexity index is 1370. The fourth-order valence-electron chi connectivity index (χ4n) is 4.70. The standard InChI is InChI=1S/C27H32N6O3/c1-27(2,3)36-31-25(17-9-7-6-8-10-17)18-11-12-19(22(34)13-18)32(4)20-14-24(35)33(5)21-16-29-23(15-28)30-26(20)21/h6-10,14,16,18-19,22,34H,11-13H2,1-5H3/b31-25+/t18-,19+,22+/m0/s1. The van der Waals surface area contributed by atoms with Gasteiger partial charge in [-0.1, -0.05) is 35.5 Å². The molecule has 0 aliphatic heterocycles. The molecule has 0 unspecified atom stereocenters. The maximum Gasteiger partial charge on any atom is 0.252 e. The number of aliphatic hydroxyl groups is 1. The summed E-state index contributed by atoms with van der Waals surface area (Å²) in [7, 11) is 3.50. The minimum absolute atomic E-state index is 0.0160. The average Bonchev–Trinajstić information content (AvgIpc) is 2.85. The first kappa shape index (κ1) is 25.3. The number of hydrogen-bond acceptors (Lipinski definition) is 8. The number of benzene rings is 1. The van der Waals surface area contributed by atoms with Crippen LogP contribution in [0.2, 0.25) is 0 Å². The lowest BCUT2D eigenvalue weighted by Gasteiger charge is -2.40. The van der Waals surface area contributed by atoms with Crippen molar-refractivity contribution >= 4 is 22.4 Å². The summed E-state index contributed by atoms with van der Waals surface area (Å²) in [4.78, 5) is 28.7. The van der Waals surface area contributed by atoms with Gasteiger partial charge in [-0.05, 0) is 45.6 Å². The van der Waals surface area contributed by atoms with Crippen LogP contribution in [0, 0.1) is 17.2 Å². The molecule has 188 valence electrons. The monoisotopic (exact) mass is 488 g/mol. The lowest BCUT2D eigenvalue weighted by Crippen LogP contribution is -2.47. The van der Waals surface area contributed by atoms with E-state index in [1.165, 1.54) is 16.8 Å². The summed E-state index contributed by atoms with van der Waals surface area (Å²) in [6.07, 6.45) is 2.78. The quantitative estimate of drug-likeness (QED) is 0.432. The molecular weight excluding hydrogens is 456 g/mol. The summed E-state index contributed by atoms with van der Waals surface area (Å²) in [5, 5.41) is 25.1. The molecule has 1 N–H and O–H groups in total. The van der Waals surface area contributed by atoms with Crippen LogP contribution in [0.15, 0.2) is 52.5 Å². The van der Waals surface area contributed by atoms with Crippen LogP contribution in [0.5, 0.6) is 0 Å². The second-order valence-electron chi connectivity index (χ2n) is 10.3. The van der Waals surface area contributed by atoms with Gasteiger partial charge in [-0.2, -0.15) is 5.26 Å². The molecule has 3 aromatic rings. The Hall–Kier alpha value is -3.77. The number of nitrogens with zero attached hydrogens (tertiary/aromatic N) is 6. The minimum atomic E-state index is -0.673. The predicted molar refractivity (Wildman–Crippen MR) is 139 cm³/mol. The van der Waals surface area contributed by atoms with Gasteiger partial charge in [-0.15, -0.1) is 0 Å². The second-order valence-corrected chi connectivity index (χ2v) is 10.3. The summed E-state index contributed by atoms with van der Waals surface area (Å²) >= 11 is 0. The van der Waals surface area contributed by atoms with Gasteiger partial charge in [0.1, 0.15) is 17.2 Å². The molecule has 36 heavy (non-hydrogen) atoms. The Morgan fingerprint density at radius 2 is 2.00 bits per heavy atom. The maximum absolute atomic E-state index is 12.7. The molecule has 4 rings (SSSR count). The Labute approximate surface area is 210 Å². The van der Waals surface area contributed by atoms with Gasteiger partial charge < -0.3 is 19.4 Å². The van der Waals surface area contributed by atoms with Crippen LogP contribution >= 0.6 is 0 Å². The SMILES string of the molecule is CN(c1cc(=O)n(C)c2cnc(C#N)nc12)[C@@H]1CC[C@H](/C(=N/OC(C)(C)C)c2ccccc2)C[C@H]1O. The number of aliphatic hydroxyl groups excluding tert-OH is 1. The molecule has 0 bridgehead atoms. The van der Waals surface area contributed by atoms with Gasteiger partial charge in [0.25, 0.3) is 5.56 Å². The first-order chi connectivity index (χ1) is 17.1. The van der Waals surface area contributed by atoms with E-state index in [1.807, 2.05) is 69.1 Å². The van der Waals surface area contributed by atoms with E-state index in [4.69, 9.17) is 4.84 Å². The Balaban J connectivity index is 1.63.